The maximum atomic E-state index is 11.7. The normalized spacial score (nSPS) is 20.4. The molecule has 0 aliphatic carbocycles. The van der Waals surface area contributed by atoms with Gasteiger partial charge in [0.25, 0.3) is 5.91 Å². The van der Waals surface area contributed by atoms with Crippen molar-refractivity contribution in [2.75, 3.05) is 25.1 Å². The van der Waals surface area contributed by atoms with E-state index in [0.29, 0.717) is 19.0 Å². The summed E-state index contributed by atoms with van der Waals surface area (Å²) in [5, 5.41) is 2.77. The molecule has 2 rings (SSSR count). The molecule has 0 bridgehead atoms. The minimum Gasteiger partial charge on any atom is -0.376 e. The summed E-state index contributed by atoms with van der Waals surface area (Å²) in [6.45, 7) is 1.18. The van der Waals surface area contributed by atoms with Crippen molar-refractivity contribution >= 4 is 23.3 Å². The molecular formula is C9H10ClN3O3. The second-order valence-corrected chi connectivity index (χ2v) is 3.54. The van der Waals surface area contributed by atoms with Gasteiger partial charge in [-0.1, -0.05) is 11.6 Å². The number of rotatable bonds is 2. The summed E-state index contributed by atoms with van der Waals surface area (Å²) < 4.78 is 10.3. The Bertz CT molecular complexity index is 382. The Hall–Kier alpha value is -1.24. The van der Waals surface area contributed by atoms with Gasteiger partial charge >= 0.3 is 0 Å². The Labute approximate surface area is 96.9 Å². The van der Waals surface area contributed by atoms with Crippen molar-refractivity contribution in [2.24, 2.45) is 0 Å². The molecule has 1 aromatic rings. The van der Waals surface area contributed by atoms with Gasteiger partial charge in [0.05, 0.1) is 32.2 Å². The van der Waals surface area contributed by atoms with Gasteiger partial charge in [-0.3, -0.25) is 9.78 Å². The molecule has 1 aliphatic heterocycles. The first-order chi connectivity index (χ1) is 7.75. The molecule has 6 nitrogen and oxygen atoms in total. The number of halogens is 1. The number of carbonyl (C=O) groups is 1. The Balaban J connectivity index is 1.96. The topological polar surface area (TPSA) is 73.3 Å². The lowest BCUT2D eigenvalue weighted by molar-refractivity contribution is -0.142. The summed E-state index contributed by atoms with van der Waals surface area (Å²) in [5.41, 5.74) is 0. The SMILES string of the molecule is O=C(Nc1cncc(Cl)n1)C1COCCO1. The minimum absolute atomic E-state index is 0.221. The van der Waals surface area contributed by atoms with E-state index >= 15 is 0 Å². The fraction of sp³-hybridized carbons (Fsp3) is 0.444. The zero-order valence-electron chi connectivity index (χ0n) is 8.35. The van der Waals surface area contributed by atoms with E-state index in [1.807, 2.05) is 0 Å². The van der Waals surface area contributed by atoms with Crippen molar-refractivity contribution in [3.63, 3.8) is 0 Å². The number of nitrogens with one attached hydrogen (secondary N) is 1. The van der Waals surface area contributed by atoms with Crippen molar-refractivity contribution in [1.29, 1.82) is 0 Å². The summed E-state index contributed by atoms with van der Waals surface area (Å²) in [5.74, 6) is -0.0112. The van der Waals surface area contributed by atoms with Crippen LogP contribution in [0.4, 0.5) is 5.82 Å². The van der Waals surface area contributed by atoms with Crippen molar-refractivity contribution < 1.29 is 14.3 Å². The van der Waals surface area contributed by atoms with Crippen LogP contribution in [0.2, 0.25) is 5.15 Å². The van der Waals surface area contributed by atoms with E-state index in [0.717, 1.165) is 0 Å². The van der Waals surface area contributed by atoms with Crippen LogP contribution < -0.4 is 5.32 Å². The molecule has 1 aromatic heterocycles. The second-order valence-electron chi connectivity index (χ2n) is 3.15. The standard InChI is InChI=1S/C9H10ClN3O3/c10-7-3-11-4-8(12-7)13-9(14)6-5-15-1-2-16-6/h3-4,6H,1-2,5H2,(H,12,13,14). The highest BCUT2D eigenvalue weighted by molar-refractivity contribution is 6.29. The maximum Gasteiger partial charge on any atom is 0.257 e. The predicted octanol–water partition coefficient (Wildman–Crippen LogP) is 0.484. The molecule has 16 heavy (non-hydrogen) atoms. The lowest BCUT2D eigenvalue weighted by Gasteiger charge is -2.21. The Morgan fingerprint density at radius 3 is 3.06 bits per heavy atom. The van der Waals surface area contributed by atoms with Crippen molar-refractivity contribution in [1.82, 2.24) is 9.97 Å². The molecule has 0 aromatic carbocycles. The van der Waals surface area contributed by atoms with Gasteiger partial charge in [-0.2, -0.15) is 0 Å². The first-order valence-electron chi connectivity index (χ1n) is 4.73. The average Bonchev–Trinajstić information content (AvgIpc) is 2.30. The van der Waals surface area contributed by atoms with E-state index in [-0.39, 0.29) is 17.7 Å². The third kappa shape index (κ3) is 2.88. The molecule has 0 radical (unpaired) electrons. The highest BCUT2D eigenvalue weighted by Crippen LogP contribution is 2.09. The number of hydrogen-bond acceptors (Lipinski definition) is 5. The minimum atomic E-state index is -0.602. The molecule has 1 fully saturated rings. The molecule has 1 atom stereocenters. The molecular weight excluding hydrogens is 234 g/mol. The van der Waals surface area contributed by atoms with Crippen LogP contribution in [-0.2, 0) is 14.3 Å². The second kappa shape index (κ2) is 5.20. The van der Waals surface area contributed by atoms with Crippen LogP contribution in [0.5, 0.6) is 0 Å². The van der Waals surface area contributed by atoms with E-state index in [1.54, 1.807) is 0 Å². The zero-order chi connectivity index (χ0) is 11.4. The fourth-order valence-corrected chi connectivity index (χ4v) is 1.40. The number of anilines is 1. The number of carbonyl (C=O) groups excluding carboxylic acids is 1. The number of amides is 1. The van der Waals surface area contributed by atoms with Gasteiger partial charge < -0.3 is 14.8 Å². The molecule has 1 amide bonds. The van der Waals surface area contributed by atoms with Crippen LogP contribution in [0.25, 0.3) is 0 Å². The molecule has 1 unspecified atom stereocenters. The van der Waals surface area contributed by atoms with Gasteiger partial charge in [-0.15, -0.1) is 0 Å². The number of ether oxygens (including phenoxy) is 2. The number of nitrogens with zero attached hydrogens (tertiary/aromatic N) is 2. The quantitative estimate of drug-likeness (QED) is 0.818. The third-order valence-electron chi connectivity index (χ3n) is 1.96. The summed E-state index contributed by atoms with van der Waals surface area (Å²) in [6, 6.07) is 0. The summed E-state index contributed by atoms with van der Waals surface area (Å²) in [7, 11) is 0. The summed E-state index contributed by atoms with van der Waals surface area (Å²) in [4.78, 5) is 19.3. The summed E-state index contributed by atoms with van der Waals surface area (Å²) in [6.07, 6.45) is 2.19. The Morgan fingerprint density at radius 1 is 1.50 bits per heavy atom. The average molecular weight is 244 g/mol. The number of aromatic nitrogens is 2. The molecule has 2 heterocycles. The monoisotopic (exact) mass is 243 g/mol. The molecule has 7 heteroatoms. The van der Waals surface area contributed by atoms with E-state index in [4.69, 9.17) is 21.1 Å². The maximum absolute atomic E-state index is 11.7. The van der Waals surface area contributed by atoms with E-state index in [9.17, 15) is 4.79 Å². The third-order valence-corrected chi connectivity index (χ3v) is 2.15. The molecule has 86 valence electrons. The molecule has 0 saturated carbocycles. The van der Waals surface area contributed by atoms with E-state index in [1.165, 1.54) is 12.4 Å². The Morgan fingerprint density at radius 2 is 2.38 bits per heavy atom. The van der Waals surface area contributed by atoms with E-state index < -0.39 is 6.10 Å². The van der Waals surface area contributed by atoms with Gasteiger partial charge in [0.1, 0.15) is 5.15 Å². The molecule has 1 aliphatic rings. The smallest absolute Gasteiger partial charge is 0.257 e. The van der Waals surface area contributed by atoms with Crippen LogP contribution >= 0.6 is 11.6 Å². The van der Waals surface area contributed by atoms with Crippen LogP contribution in [0.1, 0.15) is 0 Å². The van der Waals surface area contributed by atoms with Crippen molar-refractivity contribution in [2.45, 2.75) is 6.10 Å². The lowest BCUT2D eigenvalue weighted by Crippen LogP contribution is -2.39. The van der Waals surface area contributed by atoms with Crippen LogP contribution in [-0.4, -0.2) is 41.8 Å². The first kappa shape index (κ1) is 11.3. The predicted molar refractivity (Wildman–Crippen MR) is 56.2 cm³/mol. The van der Waals surface area contributed by atoms with Gasteiger partial charge in [0.2, 0.25) is 0 Å². The highest BCUT2D eigenvalue weighted by Gasteiger charge is 2.22. The van der Waals surface area contributed by atoms with Crippen molar-refractivity contribution in [3.8, 4) is 0 Å². The zero-order valence-corrected chi connectivity index (χ0v) is 9.11. The van der Waals surface area contributed by atoms with Crippen LogP contribution in [0.3, 0.4) is 0 Å². The highest BCUT2D eigenvalue weighted by atomic mass is 35.5. The van der Waals surface area contributed by atoms with Gasteiger partial charge in [0, 0.05) is 0 Å². The van der Waals surface area contributed by atoms with E-state index in [2.05, 4.69) is 15.3 Å². The van der Waals surface area contributed by atoms with Gasteiger partial charge in [-0.25, -0.2) is 4.98 Å². The van der Waals surface area contributed by atoms with Crippen LogP contribution in [0, 0.1) is 0 Å². The fourth-order valence-electron chi connectivity index (χ4n) is 1.25. The van der Waals surface area contributed by atoms with Crippen LogP contribution in [0.15, 0.2) is 12.4 Å². The first-order valence-corrected chi connectivity index (χ1v) is 5.11. The molecule has 1 saturated heterocycles. The van der Waals surface area contributed by atoms with Gasteiger partial charge in [0.15, 0.2) is 11.9 Å². The summed E-state index contributed by atoms with van der Waals surface area (Å²) >= 11 is 5.63. The Kier molecular flexibility index (Phi) is 3.66. The molecule has 0 spiro atoms. The lowest BCUT2D eigenvalue weighted by atomic mass is 10.3. The molecule has 1 N–H and O–H groups in total. The van der Waals surface area contributed by atoms with Crippen molar-refractivity contribution in [3.05, 3.63) is 17.5 Å². The number of hydrogen-bond donors (Lipinski definition) is 1. The largest absolute Gasteiger partial charge is 0.376 e. The van der Waals surface area contributed by atoms with Gasteiger partial charge in [-0.05, 0) is 0 Å².